The first-order chi connectivity index (χ1) is 6.06. The van der Waals surface area contributed by atoms with Gasteiger partial charge in [0.1, 0.15) is 0 Å². The minimum Gasteiger partial charge on any atom is -0.480 e. The van der Waals surface area contributed by atoms with E-state index in [1.54, 1.807) is 13.8 Å². The molecule has 0 saturated carbocycles. The second kappa shape index (κ2) is 3.55. The van der Waals surface area contributed by atoms with Crippen LogP contribution >= 0.6 is 0 Å². The summed E-state index contributed by atoms with van der Waals surface area (Å²) in [5.41, 5.74) is 0.671. The average Bonchev–Trinajstić information content (AvgIpc) is 2.31. The zero-order valence-corrected chi connectivity index (χ0v) is 7.65. The molecule has 0 aromatic carbocycles. The Morgan fingerprint density at radius 3 is 2.69 bits per heavy atom. The van der Waals surface area contributed by atoms with Crippen LogP contribution in [0.15, 0.2) is 5.10 Å². The summed E-state index contributed by atoms with van der Waals surface area (Å²) in [6, 6.07) is -0.815. The third kappa shape index (κ3) is 1.85. The van der Waals surface area contributed by atoms with E-state index in [9.17, 15) is 9.59 Å². The molecule has 0 aliphatic carbocycles. The van der Waals surface area contributed by atoms with Gasteiger partial charge in [0, 0.05) is 5.71 Å². The number of nitrogens with zero attached hydrogens (tertiary/aromatic N) is 2. The van der Waals surface area contributed by atoms with Crippen molar-refractivity contribution in [2.24, 2.45) is 5.10 Å². The molecule has 5 heteroatoms. The van der Waals surface area contributed by atoms with Crippen molar-refractivity contribution < 1.29 is 14.7 Å². The highest BCUT2D eigenvalue weighted by atomic mass is 16.4. The molecular weight excluding hydrogens is 172 g/mol. The zero-order chi connectivity index (χ0) is 10.0. The quantitative estimate of drug-likeness (QED) is 0.692. The summed E-state index contributed by atoms with van der Waals surface area (Å²) in [6.45, 7) is 3.43. The molecule has 0 aromatic heterocycles. The number of carbonyl (C=O) groups is 2. The van der Waals surface area contributed by atoms with Gasteiger partial charge in [-0.2, -0.15) is 5.10 Å². The number of carbonyl (C=O) groups excluding carboxylic acids is 1. The van der Waals surface area contributed by atoms with Gasteiger partial charge in [0.15, 0.2) is 6.04 Å². The molecule has 5 nitrogen and oxygen atoms in total. The summed E-state index contributed by atoms with van der Waals surface area (Å²) in [4.78, 5) is 21.9. The number of hydrogen-bond acceptors (Lipinski definition) is 3. The molecule has 1 rings (SSSR count). The highest BCUT2D eigenvalue weighted by Crippen LogP contribution is 2.14. The van der Waals surface area contributed by atoms with E-state index in [0.29, 0.717) is 12.1 Å². The number of rotatable bonds is 3. The first kappa shape index (κ1) is 9.70. The van der Waals surface area contributed by atoms with Crippen molar-refractivity contribution in [1.82, 2.24) is 5.01 Å². The second-order valence-electron chi connectivity index (χ2n) is 3.01. The van der Waals surface area contributed by atoms with Gasteiger partial charge in [-0.05, 0) is 13.3 Å². The van der Waals surface area contributed by atoms with Crippen molar-refractivity contribution in [1.29, 1.82) is 0 Å². The summed E-state index contributed by atoms with van der Waals surface area (Å²) < 4.78 is 0. The Morgan fingerprint density at radius 2 is 2.38 bits per heavy atom. The maximum Gasteiger partial charge on any atom is 0.328 e. The molecule has 1 atom stereocenters. The van der Waals surface area contributed by atoms with Gasteiger partial charge in [0.2, 0.25) is 5.91 Å². The van der Waals surface area contributed by atoms with Crippen molar-refractivity contribution in [3.05, 3.63) is 0 Å². The number of carboxylic acid groups (broad SMARTS) is 1. The van der Waals surface area contributed by atoms with Gasteiger partial charge in [-0.15, -0.1) is 0 Å². The van der Waals surface area contributed by atoms with Crippen LogP contribution < -0.4 is 0 Å². The van der Waals surface area contributed by atoms with Crippen LogP contribution in [0, 0.1) is 0 Å². The molecule has 1 amide bonds. The largest absolute Gasteiger partial charge is 0.480 e. The summed E-state index contributed by atoms with van der Waals surface area (Å²) in [5.74, 6) is -1.24. The highest BCUT2D eigenvalue weighted by Gasteiger charge is 2.31. The van der Waals surface area contributed by atoms with E-state index in [2.05, 4.69) is 5.10 Å². The lowest BCUT2D eigenvalue weighted by molar-refractivity contribution is -0.149. The van der Waals surface area contributed by atoms with Crippen LogP contribution in [0.5, 0.6) is 0 Å². The molecule has 1 aliphatic rings. The lowest BCUT2D eigenvalue weighted by Crippen LogP contribution is -2.38. The predicted octanol–water partition coefficient (Wildman–Crippen LogP) is 0.458. The Bertz CT molecular complexity index is 273. The molecule has 0 radical (unpaired) electrons. The van der Waals surface area contributed by atoms with Crippen LogP contribution in [0.1, 0.15) is 26.7 Å². The molecular formula is C8H12N2O3. The molecule has 1 N–H and O–H groups in total. The summed E-state index contributed by atoms with van der Waals surface area (Å²) >= 11 is 0. The van der Waals surface area contributed by atoms with Crippen molar-refractivity contribution in [3.8, 4) is 0 Å². The Morgan fingerprint density at radius 1 is 1.77 bits per heavy atom. The SMILES string of the molecule is CCC(C(=O)O)N1N=C(C)CC1=O. The number of hydrogen-bond donors (Lipinski definition) is 1. The van der Waals surface area contributed by atoms with Gasteiger partial charge in [-0.3, -0.25) is 4.79 Å². The second-order valence-corrected chi connectivity index (χ2v) is 3.01. The Labute approximate surface area is 76.0 Å². The molecule has 13 heavy (non-hydrogen) atoms. The first-order valence-electron chi connectivity index (χ1n) is 4.15. The third-order valence-electron chi connectivity index (χ3n) is 1.91. The fourth-order valence-corrected chi connectivity index (χ4v) is 1.27. The predicted molar refractivity (Wildman–Crippen MR) is 46.3 cm³/mol. The van der Waals surface area contributed by atoms with E-state index < -0.39 is 12.0 Å². The van der Waals surface area contributed by atoms with Gasteiger partial charge in [-0.25, -0.2) is 9.80 Å². The normalized spacial score (nSPS) is 18.8. The molecule has 0 fully saturated rings. The van der Waals surface area contributed by atoms with E-state index in [0.717, 1.165) is 5.01 Å². The minimum absolute atomic E-state index is 0.230. The molecule has 1 unspecified atom stereocenters. The molecule has 72 valence electrons. The van der Waals surface area contributed by atoms with Gasteiger partial charge in [-0.1, -0.05) is 6.92 Å². The smallest absolute Gasteiger partial charge is 0.328 e. The number of amides is 1. The molecule has 1 aliphatic heterocycles. The standard InChI is InChI=1S/C8H12N2O3/c1-3-6(8(12)13)10-7(11)4-5(2)9-10/h6H,3-4H2,1-2H3,(H,12,13). The highest BCUT2D eigenvalue weighted by molar-refractivity contribution is 6.04. The number of carboxylic acids is 1. The molecule has 1 heterocycles. The van der Waals surface area contributed by atoms with Crippen molar-refractivity contribution in [2.45, 2.75) is 32.7 Å². The van der Waals surface area contributed by atoms with Gasteiger partial charge in [0.25, 0.3) is 0 Å². The van der Waals surface area contributed by atoms with E-state index in [1.165, 1.54) is 0 Å². The van der Waals surface area contributed by atoms with Gasteiger partial charge in [0.05, 0.1) is 6.42 Å². The van der Waals surface area contributed by atoms with Crippen molar-refractivity contribution in [2.75, 3.05) is 0 Å². The molecule has 0 saturated heterocycles. The Kier molecular flexibility index (Phi) is 2.65. The van der Waals surface area contributed by atoms with Gasteiger partial charge >= 0.3 is 5.97 Å². The topological polar surface area (TPSA) is 70.0 Å². The third-order valence-corrected chi connectivity index (χ3v) is 1.91. The van der Waals surface area contributed by atoms with Crippen LogP contribution in [0.3, 0.4) is 0 Å². The molecule has 0 spiro atoms. The molecule has 0 aromatic rings. The maximum atomic E-state index is 11.2. The minimum atomic E-state index is -1.01. The fraction of sp³-hybridized carbons (Fsp3) is 0.625. The number of hydrazone groups is 1. The summed E-state index contributed by atoms with van der Waals surface area (Å²) in [5, 5.41) is 13.7. The average molecular weight is 184 g/mol. The van der Waals surface area contributed by atoms with E-state index >= 15 is 0 Å². The summed E-state index contributed by atoms with van der Waals surface area (Å²) in [6.07, 6.45) is 0.613. The molecule has 0 bridgehead atoms. The van der Waals surface area contributed by atoms with Crippen LogP contribution in [0.2, 0.25) is 0 Å². The monoisotopic (exact) mass is 184 g/mol. The van der Waals surface area contributed by atoms with E-state index in [4.69, 9.17) is 5.11 Å². The summed E-state index contributed by atoms with van der Waals surface area (Å²) in [7, 11) is 0. The fourth-order valence-electron chi connectivity index (χ4n) is 1.27. The van der Waals surface area contributed by atoms with Crippen molar-refractivity contribution in [3.63, 3.8) is 0 Å². The number of aliphatic carboxylic acids is 1. The Hall–Kier alpha value is -1.39. The van der Waals surface area contributed by atoms with Crippen LogP contribution in [0.25, 0.3) is 0 Å². The van der Waals surface area contributed by atoms with Crippen LogP contribution in [0.4, 0.5) is 0 Å². The van der Waals surface area contributed by atoms with Crippen LogP contribution in [-0.2, 0) is 9.59 Å². The maximum absolute atomic E-state index is 11.2. The zero-order valence-electron chi connectivity index (χ0n) is 7.65. The lowest BCUT2D eigenvalue weighted by Gasteiger charge is -2.18. The van der Waals surface area contributed by atoms with E-state index in [1.807, 2.05) is 0 Å². The first-order valence-corrected chi connectivity index (χ1v) is 4.15. The van der Waals surface area contributed by atoms with E-state index in [-0.39, 0.29) is 12.3 Å². The Balaban J connectivity index is 2.80. The van der Waals surface area contributed by atoms with Gasteiger partial charge < -0.3 is 5.11 Å². The lowest BCUT2D eigenvalue weighted by atomic mass is 10.2. The van der Waals surface area contributed by atoms with Crippen molar-refractivity contribution >= 4 is 17.6 Å². The van der Waals surface area contributed by atoms with Crippen LogP contribution in [-0.4, -0.2) is 33.7 Å².